The molecular formula is C16H21N3O3. The van der Waals surface area contributed by atoms with E-state index < -0.39 is 0 Å². The first-order valence-electron chi connectivity index (χ1n) is 7.27. The first-order chi connectivity index (χ1) is 10.4. The van der Waals surface area contributed by atoms with E-state index >= 15 is 0 Å². The molecule has 22 heavy (non-hydrogen) atoms. The molecule has 0 fully saturated rings. The maximum atomic E-state index is 12.6. The average Bonchev–Trinajstić information content (AvgIpc) is 2.64. The van der Waals surface area contributed by atoms with Gasteiger partial charge >= 0.3 is 0 Å². The van der Waals surface area contributed by atoms with Crippen molar-refractivity contribution in [1.29, 1.82) is 0 Å². The SMILES string of the molecule is COCC1(C)CCOc2c(c3cc(N)ccc3n(C)c2=O)N1. The molecular weight excluding hydrogens is 282 g/mol. The van der Waals surface area contributed by atoms with Gasteiger partial charge in [0, 0.05) is 31.7 Å². The Hall–Kier alpha value is -2.21. The van der Waals surface area contributed by atoms with Gasteiger partial charge in [0.15, 0.2) is 0 Å². The van der Waals surface area contributed by atoms with Crippen molar-refractivity contribution < 1.29 is 9.47 Å². The molecule has 1 aliphatic heterocycles. The van der Waals surface area contributed by atoms with Gasteiger partial charge in [-0.3, -0.25) is 4.79 Å². The summed E-state index contributed by atoms with van der Waals surface area (Å²) in [5, 5.41) is 4.33. The number of nitrogens with zero attached hydrogens (tertiary/aromatic N) is 1. The number of hydrogen-bond donors (Lipinski definition) is 2. The highest BCUT2D eigenvalue weighted by Gasteiger charge is 2.31. The minimum Gasteiger partial charge on any atom is -0.486 e. The Balaban J connectivity index is 2.30. The monoisotopic (exact) mass is 303 g/mol. The van der Waals surface area contributed by atoms with Crippen LogP contribution in [0.15, 0.2) is 23.0 Å². The van der Waals surface area contributed by atoms with Gasteiger partial charge in [-0.15, -0.1) is 0 Å². The second-order valence-corrected chi connectivity index (χ2v) is 6.06. The molecule has 0 bridgehead atoms. The molecule has 3 rings (SSSR count). The Kier molecular flexibility index (Phi) is 3.48. The molecule has 6 heteroatoms. The standard InChI is InChI=1S/C16H21N3O3/c1-16(9-21-3)6-7-22-14-13(18-16)11-8-10(17)4-5-12(11)19(2)15(14)20/h4-5,8,18H,6-7,9,17H2,1-3H3. The number of pyridine rings is 1. The molecule has 1 unspecified atom stereocenters. The quantitative estimate of drug-likeness (QED) is 0.826. The summed E-state index contributed by atoms with van der Waals surface area (Å²) in [6.07, 6.45) is 0.739. The van der Waals surface area contributed by atoms with Gasteiger partial charge in [-0.05, 0) is 25.1 Å². The Bertz CT molecular complexity index is 784. The van der Waals surface area contributed by atoms with Crippen molar-refractivity contribution in [2.75, 3.05) is 31.4 Å². The van der Waals surface area contributed by atoms with Gasteiger partial charge in [-0.1, -0.05) is 0 Å². The Morgan fingerprint density at radius 3 is 3.00 bits per heavy atom. The highest BCUT2D eigenvalue weighted by molar-refractivity contribution is 5.96. The van der Waals surface area contributed by atoms with Crippen LogP contribution in [-0.2, 0) is 11.8 Å². The van der Waals surface area contributed by atoms with Crippen LogP contribution in [0, 0.1) is 0 Å². The summed E-state index contributed by atoms with van der Waals surface area (Å²) in [5.74, 6) is 0.348. The van der Waals surface area contributed by atoms with Crippen molar-refractivity contribution in [3.8, 4) is 5.75 Å². The number of ether oxygens (including phenoxy) is 2. The molecule has 0 aliphatic carbocycles. The number of hydrogen-bond acceptors (Lipinski definition) is 5. The topological polar surface area (TPSA) is 78.5 Å². The number of methoxy groups -OCH3 is 1. The summed E-state index contributed by atoms with van der Waals surface area (Å²) in [5.41, 5.74) is 7.64. The van der Waals surface area contributed by atoms with Crippen LogP contribution in [-0.4, -0.2) is 30.4 Å². The molecule has 0 saturated heterocycles. The minimum atomic E-state index is -0.302. The number of nitrogens with two attached hydrogens (primary N) is 1. The summed E-state index contributed by atoms with van der Waals surface area (Å²) < 4.78 is 12.7. The van der Waals surface area contributed by atoms with Crippen molar-refractivity contribution >= 4 is 22.3 Å². The lowest BCUT2D eigenvalue weighted by Gasteiger charge is -2.29. The average molecular weight is 303 g/mol. The molecule has 6 nitrogen and oxygen atoms in total. The third-order valence-corrected chi connectivity index (χ3v) is 4.17. The number of benzene rings is 1. The first kappa shape index (κ1) is 14.7. The fraction of sp³-hybridized carbons (Fsp3) is 0.438. The van der Waals surface area contributed by atoms with Crippen molar-refractivity contribution in [3.63, 3.8) is 0 Å². The van der Waals surface area contributed by atoms with Crippen molar-refractivity contribution in [2.45, 2.75) is 18.9 Å². The summed E-state index contributed by atoms with van der Waals surface area (Å²) in [7, 11) is 3.41. The number of aromatic nitrogens is 1. The maximum Gasteiger partial charge on any atom is 0.295 e. The highest BCUT2D eigenvalue weighted by Crippen LogP contribution is 2.36. The molecule has 0 saturated carbocycles. The number of aryl methyl sites for hydroxylation is 1. The molecule has 2 heterocycles. The van der Waals surface area contributed by atoms with Crippen LogP contribution in [0.1, 0.15) is 13.3 Å². The highest BCUT2D eigenvalue weighted by atomic mass is 16.5. The lowest BCUT2D eigenvalue weighted by Crippen LogP contribution is -2.39. The van der Waals surface area contributed by atoms with Crippen LogP contribution < -0.4 is 21.3 Å². The maximum absolute atomic E-state index is 12.6. The Morgan fingerprint density at radius 2 is 2.27 bits per heavy atom. The number of fused-ring (bicyclic) bond motifs is 3. The van der Waals surface area contributed by atoms with E-state index in [0.717, 1.165) is 17.3 Å². The number of nitrogens with one attached hydrogen (secondary N) is 1. The summed E-state index contributed by atoms with van der Waals surface area (Å²) >= 11 is 0. The van der Waals surface area contributed by atoms with Gasteiger partial charge in [0.05, 0.1) is 30.0 Å². The first-order valence-corrected chi connectivity index (χ1v) is 7.27. The molecule has 0 spiro atoms. The van der Waals surface area contributed by atoms with E-state index in [1.54, 1.807) is 24.8 Å². The van der Waals surface area contributed by atoms with Crippen molar-refractivity contribution in [3.05, 3.63) is 28.6 Å². The van der Waals surface area contributed by atoms with E-state index in [4.69, 9.17) is 15.2 Å². The summed E-state index contributed by atoms with van der Waals surface area (Å²) in [4.78, 5) is 12.6. The zero-order valence-corrected chi connectivity index (χ0v) is 13.1. The van der Waals surface area contributed by atoms with Crippen LogP contribution in [0.2, 0.25) is 0 Å². The van der Waals surface area contributed by atoms with Gasteiger partial charge < -0.3 is 25.1 Å². The minimum absolute atomic E-state index is 0.151. The van der Waals surface area contributed by atoms with E-state index in [1.807, 2.05) is 12.1 Å². The van der Waals surface area contributed by atoms with Crippen LogP contribution in [0.5, 0.6) is 5.75 Å². The van der Waals surface area contributed by atoms with E-state index in [2.05, 4.69) is 12.2 Å². The zero-order chi connectivity index (χ0) is 15.9. The van der Waals surface area contributed by atoms with Crippen molar-refractivity contribution in [2.24, 2.45) is 7.05 Å². The molecule has 1 aromatic carbocycles. The Labute approximate surface area is 128 Å². The predicted molar refractivity (Wildman–Crippen MR) is 87.6 cm³/mol. The molecule has 0 radical (unpaired) electrons. The molecule has 3 N–H and O–H groups in total. The molecule has 1 aromatic heterocycles. The van der Waals surface area contributed by atoms with E-state index in [-0.39, 0.29) is 11.1 Å². The van der Waals surface area contributed by atoms with E-state index in [0.29, 0.717) is 30.3 Å². The van der Waals surface area contributed by atoms with Crippen LogP contribution in [0.3, 0.4) is 0 Å². The van der Waals surface area contributed by atoms with Gasteiger partial charge in [0.1, 0.15) is 0 Å². The van der Waals surface area contributed by atoms with Crippen LogP contribution >= 0.6 is 0 Å². The third kappa shape index (κ3) is 2.29. The lowest BCUT2D eigenvalue weighted by molar-refractivity contribution is 0.138. The molecule has 2 aromatic rings. The fourth-order valence-corrected chi connectivity index (χ4v) is 2.96. The van der Waals surface area contributed by atoms with Crippen LogP contribution in [0.25, 0.3) is 10.9 Å². The van der Waals surface area contributed by atoms with Gasteiger partial charge in [-0.2, -0.15) is 0 Å². The number of rotatable bonds is 2. The van der Waals surface area contributed by atoms with Gasteiger partial charge in [-0.25, -0.2) is 0 Å². The Morgan fingerprint density at radius 1 is 1.50 bits per heavy atom. The molecule has 1 atom stereocenters. The zero-order valence-electron chi connectivity index (χ0n) is 13.1. The predicted octanol–water partition coefficient (Wildman–Crippen LogP) is 1.72. The van der Waals surface area contributed by atoms with E-state index in [9.17, 15) is 4.79 Å². The smallest absolute Gasteiger partial charge is 0.295 e. The van der Waals surface area contributed by atoms with Gasteiger partial charge in [0.2, 0.25) is 5.75 Å². The second-order valence-electron chi connectivity index (χ2n) is 6.06. The van der Waals surface area contributed by atoms with Crippen molar-refractivity contribution in [1.82, 2.24) is 4.57 Å². The number of nitrogen functional groups attached to an aromatic ring is 1. The lowest BCUT2D eigenvalue weighted by atomic mass is 9.98. The normalized spacial score (nSPS) is 20.9. The molecule has 0 amide bonds. The molecule has 1 aliphatic rings. The van der Waals surface area contributed by atoms with Gasteiger partial charge in [0.25, 0.3) is 5.56 Å². The summed E-state index contributed by atoms with van der Waals surface area (Å²) in [6, 6.07) is 5.51. The van der Waals surface area contributed by atoms with Crippen LogP contribution in [0.4, 0.5) is 11.4 Å². The largest absolute Gasteiger partial charge is 0.486 e. The molecule has 118 valence electrons. The number of anilines is 2. The van der Waals surface area contributed by atoms with E-state index in [1.165, 1.54) is 0 Å². The second kappa shape index (κ2) is 5.21. The summed E-state index contributed by atoms with van der Waals surface area (Å²) in [6.45, 7) is 3.04. The fourth-order valence-electron chi connectivity index (χ4n) is 2.96. The third-order valence-electron chi connectivity index (χ3n) is 4.17.